The van der Waals surface area contributed by atoms with Crippen molar-refractivity contribution in [2.24, 2.45) is 0 Å². The summed E-state index contributed by atoms with van der Waals surface area (Å²) in [4.78, 5) is 14.9. The molecule has 1 heterocycles. The summed E-state index contributed by atoms with van der Waals surface area (Å²) in [6, 6.07) is 5.60. The average molecular weight is 310 g/mol. The summed E-state index contributed by atoms with van der Waals surface area (Å²) in [6.45, 7) is 5.48. The first-order valence-electron chi connectivity index (χ1n) is 7.64. The molecule has 0 aliphatic carbocycles. The number of amides is 1. The van der Waals surface area contributed by atoms with Gasteiger partial charge < -0.3 is 15.5 Å². The van der Waals surface area contributed by atoms with Crippen LogP contribution in [0.5, 0.6) is 0 Å². The Kier molecular flexibility index (Phi) is 5.88. The zero-order valence-corrected chi connectivity index (χ0v) is 13.5. The second kappa shape index (κ2) is 7.66. The van der Waals surface area contributed by atoms with Crippen LogP contribution in [0.2, 0.25) is 5.02 Å². The van der Waals surface area contributed by atoms with Gasteiger partial charge in [0.05, 0.1) is 5.56 Å². The first-order chi connectivity index (χ1) is 10.1. The second-order valence-corrected chi connectivity index (χ2v) is 5.97. The highest BCUT2D eigenvalue weighted by Gasteiger charge is 2.21. The van der Waals surface area contributed by atoms with Gasteiger partial charge in [0.15, 0.2) is 0 Å². The van der Waals surface area contributed by atoms with E-state index in [1.54, 1.807) is 12.1 Å². The van der Waals surface area contributed by atoms with Gasteiger partial charge in [0.2, 0.25) is 0 Å². The third kappa shape index (κ3) is 4.35. The first-order valence-corrected chi connectivity index (χ1v) is 8.02. The molecule has 0 radical (unpaired) electrons. The van der Waals surface area contributed by atoms with Crippen molar-refractivity contribution in [1.82, 2.24) is 10.2 Å². The number of nitrogens with one attached hydrogen (secondary N) is 2. The van der Waals surface area contributed by atoms with E-state index in [-0.39, 0.29) is 11.9 Å². The van der Waals surface area contributed by atoms with Crippen LogP contribution in [-0.4, -0.2) is 43.5 Å². The van der Waals surface area contributed by atoms with Gasteiger partial charge in [-0.05, 0) is 44.0 Å². The van der Waals surface area contributed by atoms with Crippen LogP contribution in [0.15, 0.2) is 18.2 Å². The Labute approximate surface area is 131 Å². The Morgan fingerprint density at radius 3 is 2.71 bits per heavy atom. The molecule has 0 unspecified atom stereocenters. The van der Waals surface area contributed by atoms with Gasteiger partial charge in [0.1, 0.15) is 0 Å². The summed E-state index contributed by atoms with van der Waals surface area (Å²) in [5, 5.41) is 6.75. The SMILES string of the molecule is CCCN1CCC(NC(=O)c2cc(Cl)ccc2NC)CC1. The van der Waals surface area contributed by atoms with E-state index in [0.717, 1.165) is 38.2 Å². The molecule has 1 aromatic rings. The zero-order chi connectivity index (χ0) is 15.2. The predicted octanol–water partition coefficient (Wildman–Crippen LogP) is 2.99. The van der Waals surface area contributed by atoms with Gasteiger partial charge in [-0.15, -0.1) is 0 Å². The maximum Gasteiger partial charge on any atom is 0.253 e. The first kappa shape index (κ1) is 16.1. The second-order valence-electron chi connectivity index (χ2n) is 5.53. The lowest BCUT2D eigenvalue weighted by molar-refractivity contribution is 0.0912. The average Bonchev–Trinajstić information content (AvgIpc) is 2.49. The number of hydrogen-bond donors (Lipinski definition) is 2. The van der Waals surface area contributed by atoms with E-state index < -0.39 is 0 Å². The fraction of sp³-hybridized carbons (Fsp3) is 0.562. The highest BCUT2D eigenvalue weighted by atomic mass is 35.5. The Balaban J connectivity index is 1.95. The maximum absolute atomic E-state index is 12.4. The van der Waals surface area contributed by atoms with E-state index in [2.05, 4.69) is 22.5 Å². The van der Waals surface area contributed by atoms with E-state index in [1.165, 1.54) is 6.42 Å². The third-order valence-corrected chi connectivity index (χ3v) is 4.19. The fourth-order valence-electron chi connectivity index (χ4n) is 2.80. The van der Waals surface area contributed by atoms with Gasteiger partial charge in [-0.25, -0.2) is 0 Å². The van der Waals surface area contributed by atoms with Crippen molar-refractivity contribution in [3.63, 3.8) is 0 Å². The number of piperidine rings is 1. The van der Waals surface area contributed by atoms with Crippen LogP contribution in [0, 0.1) is 0 Å². The highest BCUT2D eigenvalue weighted by Crippen LogP contribution is 2.21. The molecule has 1 aliphatic rings. The molecule has 0 aromatic heterocycles. The molecule has 1 aliphatic heterocycles. The van der Waals surface area contributed by atoms with Crippen LogP contribution in [0.25, 0.3) is 0 Å². The number of benzene rings is 1. The van der Waals surface area contributed by atoms with E-state index in [4.69, 9.17) is 11.6 Å². The standard InChI is InChI=1S/C16H24ClN3O/c1-3-8-20-9-6-13(7-10-20)19-16(21)14-11-12(17)4-5-15(14)18-2/h4-5,11,13,18H,3,6-10H2,1-2H3,(H,19,21). The molecule has 1 aromatic carbocycles. The normalized spacial score (nSPS) is 16.7. The van der Waals surface area contributed by atoms with Crippen LogP contribution in [-0.2, 0) is 0 Å². The van der Waals surface area contributed by atoms with E-state index in [1.807, 2.05) is 13.1 Å². The van der Waals surface area contributed by atoms with Crippen molar-refractivity contribution >= 4 is 23.2 Å². The Hall–Kier alpha value is -1.26. The highest BCUT2D eigenvalue weighted by molar-refractivity contribution is 6.31. The maximum atomic E-state index is 12.4. The van der Waals surface area contributed by atoms with Crippen LogP contribution in [0.4, 0.5) is 5.69 Å². The number of carbonyl (C=O) groups is 1. The van der Waals surface area contributed by atoms with Gasteiger partial charge in [0, 0.05) is 36.9 Å². The van der Waals surface area contributed by atoms with Crippen LogP contribution < -0.4 is 10.6 Å². The molecule has 0 bridgehead atoms. The monoisotopic (exact) mass is 309 g/mol. The fourth-order valence-corrected chi connectivity index (χ4v) is 2.97. The molecule has 4 nitrogen and oxygen atoms in total. The van der Waals surface area contributed by atoms with Crippen molar-refractivity contribution < 1.29 is 4.79 Å². The lowest BCUT2D eigenvalue weighted by atomic mass is 10.0. The molecule has 1 amide bonds. The number of hydrogen-bond acceptors (Lipinski definition) is 3. The molecule has 21 heavy (non-hydrogen) atoms. The molecule has 5 heteroatoms. The molecule has 2 N–H and O–H groups in total. The quantitative estimate of drug-likeness (QED) is 0.879. The number of nitrogens with zero attached hydrogens (tertiary/aromatic N) is 1. The lowest BCUT2D eigenvalue weighted by Crippen LogP contribution is -2.44. The minimum atomic E-state index is -0.0456. The Morgan fingerprint density at radius 2 is 2.10 bits per heavy atom. The summed E-state index contributed by atoms with van der Waals surface area (Å²) in [5.74, 6) is -0.0456. The number of halogens is 1. The topological polar surface area (TPSA) is 44.4 Å². The van der Waals surface area contributed by atoms with E-state index in [0.29, 0.717) is 10.6 Å². The smallest absolute Gasteiger partial charge is 0.253 e. The van der Waals surface area contributed by atoms with E-state index in [9.17, 15) is 4.79 Å². The van der Waals surface area contributed by atoms with Crippen molar-refractivity contribution in [1.29, 1.82) is 0 Å². The largest absolute Gasteiger partial charge is 0.387 e. The summed E-state index contributed by atoms with van der Waals surface area (Å²) < 4.78 is 0. The van der Waals surface area contributed by atoms with Gasteiger partial charge in [-0.2, -0.15) is 0 Å². The summed E-state index contributed by atoms with van der Waals surface area (Å²) >= 11 is 6.00. The van der Waals surface area contributed by atoms with Gasteiger partial charge in [0.25, 0.3) is 5.91 Å². The molecule has 1 fully saturated rings. The number of rotatable bonds is 5. The zero-order valence-electron chi connectivity index (χ0n) is 12.8. The van der Waals surface area contributed by atoms with Crippen LogP contribution in [0.3, 0.4) is 0 Å². The Morgan fingerprint density at radius 1 is 1.38 bits per heavy atom. The van der Waals surface area contributed by atoms with Crippen molar-refractivity contribution in [3.8, 4) is 0 Å². The van der Waals surface area contributed by atoms with Gasteiger partial charge in [-0.3, -0.25) is 4.79 Å². The molecule has 116 valence electrons. The molecule has 0 saturated carbocycles. The van der Waals surface area contributed by atoms with Crippen molar-refractivity contribution in [2.75, 3.05) is 32.0 Å². The lowest BCUT2D eigenvalue weighted by Gasteiger charge is -2.32. The van der Waals surface area contributed by atoms with Crippen molar-refractivity contribution in [2.45, 2.75) is 32.2 Å². The molecule has 0 atom stereocenters. The summed E-state index contributed by atoms with van der Waals surface area (Å²) in [6.07, 6.45) is 3.22. The van der Waals surface area contributed by atoms with Crippen molar-refractivity contribution in [3.05, 3.63) is 28.8 Å². The summed E-state index contributed by atoms with van der Waals surface area (Å²) in [7, 11) is 1.81. The number of likely N-dealkylation sites (tertiary alicyclic amines) is 1. The number of anilines is 1. The predicted molar refractivity (Wildman–Crippen MR) is 88.2 cm³/mol. The molecular formula is C16H24ClN3O. The molecule has 2 rings (SSSR count). The van der Waals surface area contributed by atoms with Gasteiger partial charge in [-0.1, -0.05) is 18.5 Å². The molecule has 0 spiro atoms. The van der Waals surface area contributed by atoms with Gasteiger partial charge >= 0.3 is 0 Å². The number of carbonyl (C=O) groups excluding carboxylic acids is 1. The Bertz CT molecular complexity index is 484. The minimum absolute atomic E-state index is 0.0456. The molecule has 1 saturated heterocycles. The van der Waals surface area contributed by atoms with Crippen LogP contribution >= 0.6 is 11.6 Å². The summed E-state index contributed by atoms with van der Waals surface area (Å²) in [5.41, 5.74) is 1.42. The molecular weight excluding hydrogens is 286 g/mol. The van der Waals surface area contributed by atoms with E-state index >= 15 is 0 Å². The van der Waals surface area contributed by atoms with Crippen LogP contribution in [0.1, 0.15) is 36.5 Å². The minimum Gasteiger partial charge on any atom is -0.387 e. The third-order valence-electron chi connectivity index (χ3n) is 3.96.